The molecule has 1 N–H and O–H groups in total. The minimum Gasteiger partial charge on any atom is -0.404 e. The van der Waals surface area contributed by atoms with Gasteiger partial charge in [0.25, 0.3) is 0 Å². The number of hydrogen-bond donors (Lipinski definition) is 1. The molecule has 0 spiro atoms. The van der Waals surface area contributed by atoms with Crippen molar-refractivity contribution in [3.8, 4) is 5.75 Å². The first kappa shape index (κ1) is 21.9. The van der Waals surface area contributed by atoms with Gasteiger partial charge in [0.2, 0.25) is 15.9 Å². The van der Waals surface area contributed by atoms with Crippen LogP contribution in [0.4, 0.5) is 13.2 Å². The summed E-state index contributed by atoms with van der Waals surface area (Å²) in [4.78, 5) is 11.9. The standard InChI is InChI=1S/C19H25F3N2O4S/c20-19(21,22)28-16-10-4-5-11-17(16)29(26,27)24-12-6-9-15(13-24)23-18(25)14-7-2-1-3-8-14/h4-5,10-11,14-15H,1-3,6-9,12-13H2,(H,23,25)/t15-/m0/s1. The summed E-state index contributed by atoms with van der Waals surface area (Å²) in [6, 6.07) is 4.35. The summed E-state index contributed by atoms with van der Waals surface area (Å²) in [5.74, 6) is -0.861. The molecular weight excluding hydrogens is 409 g/mol. The van der Waals surface area contributed by atoms with Gasteiger partial charge >= 0.3 is 6.36 Å². The average molecular weight is 434 g/mol. The number of ether oxygens (including phenoxy) is 1. The predicted octanol–water partition coefficient (Wildman–Crippen LogP) is 3.43. The summed E-state index contributed by atoms with van der Waals surface area (Å²) in [5.41, 5.74) is 0. The Bertz CT molecular complexity index is 823. The van der Waals surface area contributed by atoms with Gasteiger partial charge in [0.15, 0.2) is 0 Å². The average Bonchev–Trinajstić information content (AvgIpc) is 2.68. The van der Waals surface area contributed by atoms with Gasteiger partial charge in [-0.3, -0.25) is 4.79 Å². The molecule has 1 saturated carbocycles. The molecule has 1 aromatic carbocycles. The summed E-state index contributed by atoms with van der Waals surface area (Å²) >= 11 is 0. The number of halogens is 3. The lowest BCUT2D eigenvalue weighted by atomic mass is 9.88. The molecule has 1 aliphatic heterocycles. The van der Waals surface area contributed by atoms with Crippen LogP contribution in [0.2, 0.25) is 0 Å². The van der Waals surface area contributed by atoms with Crippen molar-refractivity contribution in [2.75, 3.05) is 13.1 Å². The van der Waals surface area contributed by atoms with Gasteiger partial charge in [0.1, 0.15) is 10.6 Å². The van der Waals surface area contributed by atoms with E-state index >= 15 is 0 Å². The Balaban J connectivity index is 1.72. The van der Waals surface area contributed by atoms with Crippen LogP contribution >= 0.6 is 0 Å². The first-order chi connectivity index (χ1) is 13.7. The predicted molar refractivity (Wildman–Crippen MR) is 99.6 cm³/mol. The second kappa shape index (κ2) is 8.91. The van der Waals surface area contributed by atoms with Crippen molar-refractivity contribution in [1.82, 2.24) is 9.62 Å². The number of alkyl halides is 3. The monoisotopic (exact) mass is 434 g/mol. The zero-order valence-corrected chi connectivity index (χ0v) is 16.8. The number of rotatable bonds is 5. The zero-order chi connectivity index (χ0) is 21.1. The molecule has 1 saturated heterocycles. The van der Waals surface area contributed by atoms with Gasteiger partial charge in [-0.25, -0.2) is 8.42 Å². The van der Waals surface area contributed by atoms with Crippen LogP contribution in [0, 0.1) is 5.92 Å². The van der Waals surface area contributed by atoms with E-state index in [4.69, 9.17) is 0 Å². The lowest BCUT2D eigenvalue weighted by Gasteiger charge is -2.33. The summed E-state index contributed by atoms with van der Waals surface area (Å²) in [7, 11) is -4.20. The van der Waals surface area contributed by atoms with Crippen molar-refractivity contribution in [2.24, 2.45) is 5.92 Å². The van der Waals surface area contributed by atoms with Gasteiger partial charge in [0, 0.05) is 25.0 Å². The Morgan fingerprint density at radius 2 is 1.76 bits per heavy atom. The van der Waals surface area contributed by atoms with E-state index in [1.54, 1.807) is 0 Å². The number of carbonyl (C=O) groups is 1. The van der Waals surface area contributed by atoms with Gasteiger partial charge < -0.3 is 10.1 Å². The fraction of sp³-hybridized carbons (Fsp3) is 0.632. The Morgan fingerprint density at radius 3 is 2.45 bits per heavy atom. The smallest absolute Gasteiger partial charge is 0.404 e. The van der Waals surface area contributed by atoms with Gasteiger partial charge in [-0.05, 0) is 37.8 Å². The molecule has 29 heavy (non-hydrogen) atoms. The van der Waals surface area contributed by atoms with Crippen molar-refractivity contribution < 1.29 is 31.1 Å². The van der Waals surface area contributed by atoms with Crippen molar-refractivity contribution in [1.29, 1.82) is 0 Å². The highest BCUT2D eigenvalue weighted by atomic mass is 32.2. The van der Waals surface area contributed by atoms with Crippen LogP contribution in [0.1, 0.15) is 44.9 Å². The largest absolute Gasteiger partial charge is 0.573 e. The van der Waals surface area contributed by atoms with Gasteiger partial charge in [-0.2, -0.15) is 4.31 Å². The van der Waals surface area contributed by atoms with E-state index in [9.17, 15) is 26.4 Å². The number of carbonyl (C=O) groups excluding carboxylic acids is 1. The van der Waals surface area contributed by atoms with Crippen LogP contribution in [0.25, 0.3) is 0 Å². The van der Waals surface area contributed by atoms with E-state index in [1.807, 2.05) is 0 Å². The molecule has 6 nitrogen and oxygen atoms in total. The number of nitrogens with one attached hydrogen (secondary N) is 1. The molecule has 1 heterocycles. The SMILES string of the molecule is O=C(N[C@H]1CCCN(S(=O)(=O)c2ccccc2OC(F)(F)F)C1)C1CCCCC1. The van der Waals surface area contributed by atoms with Crippen LogP contribution in [-0.2, 0) is 14.8 Å². The molecule has 10 heteroatoms. The Labute approximate surface area is 168 Å². The molecule has 0 radical (unpaired) electrons. The third-order valence-corrected chi connectivity index (χ3v) is 7.30. The number of amides is 1. The lowest BCUT2D eigenvalue weighted by molar-refractivity contribution is -0.275. The third kappa shape index (κ3) is 5.63. The third-order valence-electron chi connectivity index (χ3n) is 5.40. The highest BCUT2D eigenvalue weighted by Gasteiger charge is 2.37. The highest BCUT2D eigenvalue weighted by molar-refractivity contribution is 7.89. The highest BCUT2D eigenvalue weighted by Crippen LogP contribution is 2.32. The van der Waals surface area contributed by atoms with Crippen molar-refractivity contribution in [3.05, 3.63) is 24.3 Å². The number of piperidine rings is 1. The van der Waals surface area contributed by atoms with Gasteiger partial charge in [-0.15, -0.1) is 13.2 Å². The Hall–Kier alpha value is -1.81. The molecular formula is C19H25F3N2O4S. The maximum atomic E-state index is 13.0. The van der Waals surface area contributed by atoms with Gasteiger partial charge in [0.05, 0.1) is 0 Å². The van der Waals surface area contributed by atoms with Crippen LogP contribution in [0.5, 0.6) is 5.75 Å². The van der Waals surface area contributed by atoms with E-state index in [0.29, 0.717) is 12.8 Å². The minimum atomic E-state index is -5.00. The first-order valence-corrected chi connectivity index (χ1v) is 11.3. The van der Waals surface area contributed by atoms with Crippen LogP contribution in [0.15, 0.2) is 29.2 Å². The normalized spacial score (nSPS) is 22.2. The topological polar surface area (TPSA) is 75.7 Å². The summed E-state index contributed by atoms with van der Waals surface area (Å²) < 4.78 is 69.0. The minimum absolute atomic E-state index is 0.0289. The number of hydrogen-bond acceptors (Lipinski definition) is 4. The number of sulfonamides is 1. The lowest BCUT2D eigenvalue weighted by Crippen LogP contribution is -2.50. The molecule has 1 aromatic rings. The van der Waals surface area contributed by atoms with E-state index < -0.39 is 27.0 Å². The Morgan fingerprint density at radius 1 is 1.07 bits per heavy atom. The van der Waals surface area contributed by atoms with Crippen LogP contribution in [0.3, 0.4) is 0 Å². The van der Waals surface area contributed by atoms with Crippen molar-refractivity contribution in [3.63, 3.8) is 0 Å². The van der Waals surface area contributed by atoms with Crippen LogP contribution < -0.4 is 10.1 Å². The maximum Gasteiger partial charge on any atom is 0.573 e. The Kier molecular flexibility index (Phi) is 6.72. The molecule has 0 aromatic heterocycles. The second-order valence-electron chi connectivity index (χ2n) is 7.54. The fourth-order valence-electron chi connectivity index (χ4n) is 3.97. The van der Waals surface area contributed by atoms with Crippen molar-refractivity contribution in [2.45, 2.75) is 62.2 Å². The maximum absolute atomic E-state index is 13.0. The quantitative estimate of drug-likeness (QED) is 0.771. The molecule has 3 rings (SSSR count). The van der Waals surface area contributed by atoms with E-state index in [2.05, 4.69) is 10.1 Å². The molecule has 1 atom stereocenters. The van der Waals surface area contributed by atoms with E-state index in [1.165, 1.54) is 12.1 Å². The van der Waals surface area contributed by atoms with Crippen LogP contribution in [-0.4, -0.2) is 44.1 Å². The van der Waals surface area contributed by atoms with E-state index in [0.717, 1.165) is 48.5 Å². The number of benzene rings is 1. The van der Waals surface area contributed by atoms with E-state index in [-0.39, 0.29) is 31.0 Å². The van der Waals surface area contributed by atoms with Gasteiger partial charge in [-0.1, -0.05) is 31.4 Å². The molecule has 162 valence electrons. The molecule has 0 unspecified atom stereocenters. The van der Waals surface area contributed by atoms with Crippen molar-refractivity contribution >= 4 is 15.9 Å². The number of nitrogens with zero attached hydrogens (tertiary/aromatic N) is 1. The summed E-state index contributed by atoms with van der Waals surface area (Å²) in [6.45, 7) is 0.208. The summed E-state index contributed by atoms with van der Waals surface area (Å²) in [5, 5.41) is 2.94. The molecule has 0 bridgehead atoms. The first-order valence-electron chi connectivity index (χ1n) is 9.82. The molecule has 2 fully saturated rings. The summed E-state index contributed by atoms with van der Waals surface area (Å²) in [6.07, 6.45) is 0.967. The molecule has 2 aliphatic rings. The second-order valence-corrected chi connectivity index (χ2v) is 9.45. The molecule has 1 aliphatic carbocycles. The number of para-hydroxylation sites is 1. The molecule has 1 amide bonds. The zero-order valence-electron chi connectivity index (χ0n) is 16.0. The fourth-order valence-corrected chi connectivity index (χ4v) is 5.61.